The summed E-state index contributed by atoms with van der Waals surface area (Å²) >= 11 is 0. The van der Waals surface area contributed by atoms with E-state index < -0.39 is 16.6 Å². The van der Waals surface area contributed by atoms with E-state index in [1.165, 1.54) is 0 Å². The van der Waals surface area contributed by atoms with E-state index in [2.05, 4.69) is 0 Å². The summed E-state index contributed by atoms with van der Waals surface area (Å²) in [6, 6.07) is 0. The molecule has 2 saturated carbocycles. The lowest BCUT2D eigenvalue weighted by atomic mass is 9.55. The van der Waals surface area contributed by atoms with Crippen molar-refractivity contribution < 1.29 is 24.2 Å². The Labute approximate surface area is 161 Å². The summed E-state index contributed by atoms with van der Waals surface area (Å²) in [5.41, 5.74) is -3.04. The molecule has 0 aromatic rings. The van der Waals surface area contributed by atoms with Crippen molar-refractivity contribution in [3.05, 3.63) is 0 Å². The minimum Gasteiger partial charge on any atom is -0.444 e. The fraction of sp³-hybridized carbons (Fsp3) is 0.857. The molecule has 6 heteroatoms. The molecule has 1 saturated heterocycles. The van der Waals surface area contributed by atoms with Gasteiger partial charge in [0.2, 0.25) is 0 Å². The van der Waals surface area contributed by atoms with E-state index in [0.29, 0.717) is 51.6 Å². The predicted molar refractivity (Wildman–Crippen MR) is 100 cm³/mol. The van der Waals surface area contributed by atoms with Gasteiger partial charge in [-0.3, -0.25) is 9.59 Å². The number of amides is 1. The lowest BCUT2D eigenvalue weighted by Crippen LogP contribution is -2.58. The minimum atomic E-state index is -1.52. The number of ether oxygens (including phenoxy) is 1. The average Bonchev–Trinajstić information content (AvgIpc) is 2.69. The zero-order valence-electron chi connectivity index (χ0n) is 17.0. The van der Waals surface area contributed by atoms with Crippen LogP contribution < -0.4 is 0 Å². The maximum absolute atomic E-state index is 13.3. The Hall–Kier alpha value is -1.43. The molecule has 3 aliphatic rings. The monoisotopic (exact) mass is 379 g/mol. The summed E-state index contributed by atoms with van der Waals surface area (Å²) < 4.78 is 5.48. The number of Topliss-reactive ketones (excluding diaryl/α,β-unsaturated/α-hetero) is 2. The highest BCUT2D eigenvalue weighted by molar-refractivity contribution is 6.01. The molecule has 0 aromatic carbocycles. The van der Waals surface area contributed by atoms with Gasteiger partial charge in [-0.05, 0) is 64.7 Å². The minimum absolute atomic E-state index is 0.0128. The number of carbonyl (C=O) groups excluding carboxylic acids is 3. The molecule has 4 atom stereocenters. The fourth-order valence-corrected chi connectivity index (χ4v) is 5.64. The maximum Gasteiger partial charge on any atom is 0.410 e. The Morgan fingerprint density at radius 1 is 1.19 bits per heavy atom. The number of ketones is 2. The van der Waals surface area contributed by atoms with Crippen LogP contribution in [-0.4, -0.2) is 52.0 Å². The van der Waals surface area contributed by atoms with Crippen molar-refractivity contribution in [3.8, 4) is 0 Å². The zero-order valence-corrected chi connectivity index (χ0v) is 17.0. The zero-order chi connectivity index (χ0) is 20.0. The highest BCUT2D eigenvalue weighted by atomic mass is 16.6. The van der Waals surface area contributed by atoms with Crippen molar-refractivity contribution >= 4 is 17.7 Å². The van der Waals surface area contributed by atoms with Gasteiger partial charge in [-0.1, -0.05) is 6.92 Å². The summed E-state index contributed by atoms with van der Waals surface area (Å²) in [6.07, 6.45) is 3.02. The van der Waals surface area contributed by atoms with Crippen LogP contribution in [0.3, 0.4) is 0 Å². The topological polar surface area (TPSA) is 83.9 Å². The van der Waals surface area contributed by atoms with Gasteiger partial charge in [0.05, 0.1) is 5.41 Å². The highest BCUT2D eigenvalue weighted by Gasteiger charge is 2.69. The Balaban J connectivity index is 1.82. The van der Waals surface area contributed by atoms with Crippen LogP contribution in [0.1, 0.15) is 72.6 Å². The SMILES string of the molecule is C[C@@H]1C[C@H]2CC(=O)[C@](O)(C1)[C@@]21CCCN(C(=O)OC(C)(C)C)CCCC1=O. The molecule has 6 nitrogen and oxygen atoms in total. The third-order valence-electron chi connectivity index (χ3n) is 6.64. The number of rotatable bonds is 0. The molecule has 3 fully saturated rings. The second kappa shape index (κ2) is 6.87. The molecule has 27 heavy (non-hydrogen) atoms. The van der Waals surface area contributed by atoms with E-state index in [1.54, 1.807) is 4.90 Å². The summed E-state index contributed by atoms with van der Waals surface area (Å²) in [6.45, 7) is 8.50. The molecular weight excluding hydrogens is 346 g/mol. The summed E-state index contributed by atoms with van der Waals surface area (Å²) in [5.74, 6) is 0.0299. The van der Waals surface area contributed by atoms with E-state index in [0.717, 1.165) is 6.42 Å². The predicted octanol–water partition coefficient (Wildman–Crippen LogP) is 3.10. The summed E-state index contributed by atoms with van der Waals surface area (Å²) in [5, 5.41) is 11.4. The lowest BCUT2D eigenvalue weighted by Gasteiger charge is -2.49. The Morgan fingerprint density at radius 3 is 2.48 bits per heavy atom. The van der Waals surface area contributed by atoms with Crippen molar-refractivity contribution in [2.75, 3.05) is 13.1 Å². The third kappa shape index (κ3) is 3.41. The Morgan fingerprint density at radius 2 is 1.85 bits per heavy atom. The van der Waals surface area contributed by atoms with E-state index >= 15 is 0 Å². The lowest BCUT2D eigenvalue weighted by molar-refractivity contribution is -0.169. The number of carbonyl (C=O) groups is 3. The van der Waals surface area contributed by atoms with Gasteiger partial charge in [0, 0.05) is 25.9 Å². The second-order valence-corrected chi connectivity index (χ2v) is 9.80. The van der Waals surface area contributed by atoms with Gasteiger partial charge < -0.3 is 14.7 Å². The molecule has 1 spiro atoms. The van der Waals surface area contributed by atoms with Crippen molar-refractivity contribution in [1.82, 2.24) is 4.90 Å². The molecule has 2 aliphatic carbocycles. The van der Waals surface area contributed by atoms with E-state index in [-0.39, 0.29) is 29.5 Å². The van der Waals surface area contributed by atoms with Crippen LogP contribution in [0.4, 0.5) is 4.79 Å². The van der Waals surface area contributed by atoms with E-state index in [4.69, 9.17) is 4.74 Å². The second-order valence-electron chi connectivity index (χ2n) is 9.80. The van der Waals surface area contributed by atoms with Crippen LogP contribution in [0.2, 0.25) is 0 Å². The molecule has 152 valence electrons. The van der Waals surface area contributed by atoms with E-state index in [9.17, 15) is 19.5 Å². The molecular formula is C21H33NO5. The number of aliphatic hydroxyl groups is 1. The van der Waals surface area contributed by atoms with Crippen molar-refractivity contribution in [2.45, 2.75) is 83.8 Å². The molecule has 0 aromatic heterocycles. The van der Waals surface area contributed by atoms with Crippen LogP contribution in [0.25, 0.3) is 0 Å². The van der Waals surface area contributed by atoms with Crippen LogP contribution in [0.5, 0.6) is 0 Å². The van der Waals surface area contributed by atoms with Crippen LogP contribution in [0.15, 0.2) is 0 Å². The number of hydrogen-bond acceptors (Lipinski definition) is 5. The Kier molecular flexibility index (Phi) is 5.17. The van der Waals surface area contributed by atoms with Gasteiger partial charge in [0.25, 0.3) is 0 Å². The van der Waals surface area contributed by atoms with Gasteiger partial charge in [0.15, 0.2) is 5.78 Å². The first-order valence-electron chi connectivity index (χ1n) is 10.3. The molecule has 1 amide bonds. The summed E-state index contributed by atoms with van der Waals surface area (Å²) in [4.78, 5) is 40.1. The molecule has 2 bridgehead atoms. The molecule has 1 aliphatic heterocycles. The molecule has 3 rings (SSSR count). The first kappa shape index (κ1) is 20.3. The molecule has 0 unspecified atom stereocenters. The highest BCUT2D eigenvalue weighted by Crippen LogP contribution is 2.61. The van der Waals surface area contributed by atoms with Crippen LogP contribution in [0, 0.1) is 17.3 Å². The smallest absolute Gasteiger partial charge is 0.410 e. The van der Waals surface area contributed by atoms with Crippen molar-refractivity contribution in [1.29, 1.82) is 0 Å². The van der Waals surface area contributed by atoms with Crippen molar-refractivity contribution in [2.24, 2.45) is 17.3 Å². The fourth-order valence-electron chi connectivity index (χ4n) is 5.64. The normalized spacial score (nSPS) is 37.7. The Bertz CT molecular complexity index is 639. The van der Waals surface area contributed by atoms with E-state index in [1.807, 2.05) is 27.7 Å². The van der Waals surface area contributed by atoms with Gasteiger partial charge >= 0.3 is 6.09 Å². The van der Waals surface area contributed by atoms with Gasteiger partial charge in [-0.2, -0.15) is 0 Å². The molecule has 0 radical (unpaired) electrons. The maximum atomic E-state index is 13.3. The van der Waals surface area contributed by atoms with Crippen LogP contribution in [-0.2, 0) is 14.3 Å². The summed E-state index contributed by atoms with van der Waals surface area (Å²) in [7, 11) is 0. The largest absolute Gasteiger partial charge is 0.444 e. The van der Waals surface area contributed by atoms with Gasteiger partial charge in [-0.25, -0.2) is 4.79 Å². The molecule has 1 heterocycles. The standard InChI is InChI=1S/C21H33NO5/c1-14-11-15-12-17(24)21(26,13-14)20(15)8-6-10-22(9-5-7-16(20)23)18(25)27-19(2,3)4/h14-15,26H,5-13H2,1-4H3/t14-,15+,20+,21-/m1/s1. The number of hydrogen-bond donors (Lipinski definition) is 1. The van der Waals surface area contributed by atoms with Crippen LogP contribution >= 0.6 is 0 Å². The first-order valence-corrected chi connectivity index (χ1v) is 10.3. The molecule has 1 N–H and O–H groups in total. The van der Waals surface area contributed by atoms with Crippen molar-refractivity contribution in [3.63, 3.8) is 0 Å². The first-order chi connectivity index (χ1) is 12.5. The average molecular weight is 379 g/mol. The number of nitrogens with zero attached hydrogens (tertiary/aromatic N) is 1. The third-order valence-corrected chi connectivity index (χ3v) is 6.64. The van der Waals surface area contributed by atoms with Gasteiger partial charge in [-0.15, -0.1) is 0 Å². The van der Waals surface area contributed by atoms with Gasteiger partial charge in [0.1, 0.15) is 17.0 Å². The quantitative estimate of drug-likeness (QED) is 0.699.